The molecule has 0 fully saturated rings. The molecule has 0 atom stereocenters. The number of nitrogens with one attached hydrogen (secondary N) is 1. The molecule has 2 amide bonds. The minimum absolute atomic E-state index is 0.0627. The van der Waals surface area contributed by atoms with Crippen LogP contribution in [0.25, 0.3) is 11.0 Å². The summed E-state index contributed by atoms with van der Waals surface area (Å²) in [4.78, 5) is 26.8. The van der Waals surface area contributed by atoms with Crippen LogP contribution in [0.4, 0.5) is 0 Å². The molecule has 0 aliphatic rings. The quantitative estimate of drug-likeness (QED) is 0.591. The van der Waals surface area contributed by atoms with Gasteiger partial charge in [-0.2, -0.15) is 0 Å². The number of para-hydroxylation sites is 1. The van der Waals surface area contributed by atoms with Gasteiger partial charge in [-0.1, -0.05) is 31.2 Å². The Morgan fingerprint density at radius 2 is 2.00 bits per heavy atom. The first-order chi connectivity index (χ1) is 13.1. The fourth-order valence-corrected chi connectivity index (χ4v) is 3.70. The van der Waals surface area contributed by atoms with Crippen LogP contribution in [0, 0.1) is 0 Å². The summed E-state index contributed by atoms with van der Waals surface area (Å²) < 4.78 is 5.90. The van der Waals surface area contributed by atoms with E-state index >= 15 is 0 Å². The van der Waals surface area contributed by atoms with E-state index in [0.29, 0.717) is 30.8 Å². The first kappa shape index (κ1) is 19.2. The van der Waals surface area contributed by atoms with Gasteiger partial charge in [0.05, 0.1) is 4.88 Å². The van der Waals surface area contributed by atoms with Gasteiger partial charge >= 0.3 is 0 Å². The Hall–Kier alpha value is -2.60. The summed E-state index contributed by atoms with van der Waals surface area (Å²) in [5.74, 6) is 0.912. The number of carbonyl (C=O) groups is 2. The lowest BCUT2D eigenvalue weighted by atomic mass is 10.1. The summed E-state index contributed by atoms with van der Waals surface area (Å²) in [6.07, 6.45) is 1.81. The maximum Gasteiger partial charge on any atom is 0.261 e. The Morgan fingerprint density at radius 1 is 1.19 bits per heavy atom. The molecule has 2 heterocycles. The molecule has 1 N–H and O–H groups in total. The van der Waals surface area contributed by atoms with Gasteiger partial charge in [0.1, 0.15) is 11.3 Å². The van der Waals surface area contributed by atoms with E-state index in [1.807, 2.05) is 42.8 Å². The molecule has 0 aliphatic carbocycles. The predicted octanol–water partition coefficient (Wildman–Crippen LogP) is 4.23. The van der Waals surface area contributed by atoms with E-state index in [4.69, 9.17) is 4.42 Å². The minimum Gasteiger partial charge on any atom is -0.461 e. The van der Waals surface area contributed by atoms with Crippen molar-refractivity contribution in [2.75, 3.05) is 13.6 Å². The lowest BCUT2D eigenvalue weighted by Crippen LogP contribution is -2.28. The van der Waals surface area contributed by atoms with E-state index in [1.54, 1.807) is 11.0 Å². The van der Waals surface area contributed by atoms with Crippen LogP contribution in [0.3, 0.4) is 0 Å². The number of carbonyl (C=O) groups excluding carboxylic acids is 2. The van der Waals surface area contributed by atoms with Gasteiger partial charge in [-0.25, -0.2) is 0 Å². The first-order valence-electron chi connectivity index (χ1n) is 9.15. The maximum absolute atomic E-state index is 12.5. The molecule has 0 radical (unpaired) electrons. The second kappa shape index (κ2) is 8.86. The van der Waals surface area contributed by atoms with Crippen LogP contribution >= 0.6 is 11.3 Å². The molecule has 6 heteroatoms. The number of rotatable bonds is 8. The van der Waals surface area contributed by atoms with Crippen LogP contribution in [-0.4, -0.2) is 30.3 Å². The molecular formula is C21H24N2O3S. The highest BCUT2D eigenvalue weighted by molar-refractivity contribution is 7.12. The van der Waals surface area contributed by atoms with Gasteiger partial charge < -0.3 is 14.6 Å². The van der Waals surface area contributed by atoms with Crippen LogP contribution in [-0.2, 0) is 17.8 Å². The Labute approximate surface area is 163 Å². The van der Waals surface area contributed by atoms with Crippen LogP contribution in [0.1, 0.15) is 40.8 Å². The second-order valence-electron chi connectivity index (χ2n) is 6.44. The summed E-state index contributed by atoms with van der Waals surface area (Å²) in [6.45, 7) is 3.07. The predicted molar refractivity (Wildman–Crippen MR) is 108 cm³/mol. The SMILES string of the molecule is CCc1oc2ccccc2c1CN(C)C(=O)CCCNC(=O)c1cccs1. The summed E-state index contributed by atoms with van der Waals surface area (Å²) in [5.41, 5.74) is 1.94. The third kappa shape index (κ3) is 4.57. The number of benzene rings is 1. The molecule has 3 aromatic rings. The highest BCUT2D eigenvalue weighted by atomic mass is 32.1. The molecule has 0 unspecified atom stereocenters. The van der Waals surface area contributed by atoms with Crippen LogP contribution in [0.2, 0.25) is 0 Å². The van der Waals surface area contributed by atoms with Crippen molar-refractivity contribution < 1.29 is 14.0 Å². The number of thiophene rings is 1. The largest absolute Gasteiger partial charge is 0.461 e. The second-order valence-corrected chi connectivity index (χ2v) is 7.39. The van der Waals surface area contributed by atoms with Gasteiger partial charge in [-0.05, 0) is 23.9 Å². The van der Waals surface area contributed by atoms with Gasteiger partial charge in [0.15, 0.2) is 0 Å². The van der Waals surface area contributed by atoms with E-state index in [9.17, 15) is 9.59 Å². The molecule has 0 bridgehead atoms. The Bertz CT molecular complexity index is 915. The van der Waals surface area contributed by atoms with Crippen molar-refractivity contribution in [2.24, 2.45) is 0 Å². The van der Waals surface area contributed by atoms with Crippen molar-refractivity contribution in [3.63, 3.8) is 0 Å². The molecular weight excluding hydrogens is 360 g/mol. The zero-order valence-electron chi connectivity index (χ0n) is 15.7. The zero-order chi connectivity index (χ0) is 19.2. The smallest absolute Gasteiger partial charge is 0.261 e. The Balaban J connectivity index is 1.51. The number of hydrogen-bond donors (Lipinski definition) is 1. The standard InChI is InChI=1S/C21H24N2O3S/c1-3-17-16(15-8-4-5-9-18(15)26-17)14-23(2)20(24)11-6-12-22-21(25)19-10-7-13-27-19/h4-5,7-10,13H,3,6,11-12,14H2,1-2H3,(H,22,25). The van der Waals surface area contributed by atoms with E-state index in [2.05, 4.69) is 12.2 Å². The van der Waals surface area contributed by atoms with Gasteiger partial charge in [-0.15, -0.1) is 11.3 Å². The third-order valence-corrected chi connectivity index (χ3v) is 5.39. The number of amides is 2. The van der Waals surface area contributed by atoms with Gasteiger partial charge in [-0.3, -0.25) is 9.59 Å². The number of furan rings is 1. The number of fused-ring (bicyclic) bond motifs is 1. The fourth-order valence-electron chi connectivity index (χ4n) is 3.06. The molecule has 2 aromatic heterocycles. The summed E-state index contributed by atoms with van der Waals surface area (Å²) in [7, 11) is 1.81. The Kier molecular flexibility index (Phi) is 6.29. The van der Waals surface area contributed by atoms with E-state index in [-0.39, 0.29) is 11.8 Å². The maximum atomic E-state index is 12.5. The van der Waals surface area contributed by atoms with Crippen LogP contribution in [0.15, 0.2) is 46.2 Å². The van der Waals surface area contributed by atoms with E-state index < -0.39 is 0 Å². The van der Waals surface area contributed by atoms with Gasteiger partial charge in [0.2, 0.25) is 5.91 Å². The van der Waals surface area contributed by atoms with Gasteiger partial charge in [0, 0.05) is 43.9 Å². The average molecular weight is 385 g/mol. The molecule has 142 valence electrons. The van der Waals surface area contributed by atoms with Crippen molar-refractivity contribution in [1.82, 2.24) is 10.2 Å². The van der Waals surface area contributed by atoms with Crippen molar-refractivity contribution in [2.45, 2.75) is 32.7 Å². The lowest BCUT2D eigenvalue weighted by molar-refractivity contribution is -0.130. The number of hydrogen-bond acceptors (Lipinski definition) is 4. The van der Waals surface area contributed by atoms with Crippen molar-refractivity contribution in [3.05, 3.63) is 58.0 Å². The van der Waals surface area contributed by atoms with Crippen LogP contribution < -0.4 is 5.32 Å². The molecule has 5 nitrogen and oxygen atoms in total. The third-order valence-electron chi connectivity index (χ3n) is 4.52. The summed E-state index contributed by atoms with van der Waals surface area (Å²) in [6, 6.07) is 11.6. The molecule has 0 saturated carbocycles. The van der Waals surface area contributed by atoms with Crippen molar-refractivity contribution in [1.29, 1.82) is 0 Å². The first-order valence-corrected chi connectivity index (χ1v) is 10.0. The summed E-state index contributed by atoms with van der Waals surface area (Å²) >= 11 is 1.41. The highest BCUT2D eigenvalue weighted by Crippen LogP contribution is 2.27. The topological polar surface area (TPSA) is 62.6 Å². The number of aryl methyl sites for hydroxylation is 1. The molecule has 0 saturated heterocycles. The monoisotopic (exact) mass is 384 g/mol. The van der Waals surface area contributed by atoms with Crippen LogP contribution in [0.5, 0.6) is 0 Å². The summed E-state index contributed by atoms with van der Waals surface area (Å²) in [5, 5.41) is 5.79. The highest BCUT2D eigenvalue weighted by Gasteiger charge is 2.17. The fraction of sp³-hybridized carbons (Fsp3) is 0.333. The Morgan fingerprint density at radius 3 is 2.74 bits per heavy atom. The molecule has 27 heavy (non-hydrogen) atoms. The van der Waals surface area contributed by atoms with Gasteiger partial charge in [0.25, 0.3) is 5.91 Å². The average Bonchev–Trinajstić information content (AvgIpc) is 3.33. The number of nitrogens with zero attached hydrogens (tertiary/aromatic N) is 1. The zero-order valence-corrected chi connectivity index (χ0v) is 16.5. The molecule has 1 aromatic carbocycles. The van der Waals surface area contributed by atoms with E-state index in [0.717, 1.165) is 28.7 Å². The minimum atomic E-state index is -0.0803. The normalized spacial score (nSPS) is 10.9. The van der Waals surface area contributed by atoms with Crippen molar-refractivity contribution >= 4 is 34.1 Å². The molecule has 3 rings (SSSR count). The molecule has 0 aliphatic heterocycles. The lowest BCUT2D eigenvalue weighted by Gasteiger charge is -2.17. The van der Waals surface area contributed by atoms with Crippen molar-refractivity contribution in [3.8, 4) is 0 Å². The van der Waals surface area contributed by atoms with E-state index in [1.165, 1.54) is 11.3 Å². The molecule has 0 spiro atoms.